The van der Waals surface area contributed by atoms with Crippen LogP contribution in [0.15, 0.2) is 0 Å². The SMILES string of the molecule is CCS(=O)(=O)N(C)CCCNC(=O)[C@@H](N)CCSC. The van der Waals surface area contributed by atoms with E-state index in [1.54, 1.807) is 25.7 Å². The highest BCUT2D eigenvalue weighted by Crippen LogP contribution is 2.00. The van der Waals surface area contributed by atoms with Crippen molar-refractivity contribution in [2.75, 3.05) is 37.9 Å². The molecule has 0 bridgehead atoms. The molecule has 0 aliphatic heterocycles. The molecular weight excluding hydrogens is 286 g/mol. The Balaban J connectivity index is 3.83. The third-order valence-corrected chi connectivity index (χ3v) is 5.26. The van der Waals surface area contributed by atoms with E-state index >= 15 is 0 Å². The minimum Gasteiger partial charge on any atom is -0.355 e. The van der Waals surface area contributed by atoms with Crippen molar-refractivity contribution in [3.8, 4) is 0 Å². The number of amides is 1. The molecule has 0 spiro atoms. The molecule has 0 fully saturated rings. The summed E-state index contributed by atoms with van der Waals surface area (Å²) in [6.45, 7) is 2.45. The van der Waals surface area contributed by atoms with Gasteiger partial charge in [0, 0.05) is 20.1 Å². The van der Waals surface area contributed by atoms with Gasteiger partial charge in [0.25, 0.3) is 0 Å². The Morgan fingerprint density at radius 1 is 1.47 bits per heavy atom. The number of nitrogens with zero attached hydrogens (tertiary/aromatic N) is 1. The van der Waals surface area contributed by atoms with Crippen molar-refractivity contribution in [1.29, 1.82) is 0 Å². The first-order chi connectivity index (χ1) is 8.85. The second-order valence-corrected chi connectivity index (χ2v) is 7.60. The summed E-state index contributed by atoms with van der Waals surface area (Å²) in [5.74, 6) is 0.775. The minimum atomic E-state index is -3.13. The molecule has 0 aromatic rings. The van der Waals surface area contributed by atoms with Gasteiger partial charge in [0.1, 0.15) is 0 Å². The molecule has 1 amide bonds. The molecule has 1 atom stereocenters. The number of rotatable bonds is 10. The van der Waals surface area contributed by atoms with Crippen LogP contribution in [0.25, 0.3) is 0 Å². The fraction of sp³-hybridized carbons (Fsp3) is 0.909. The zero-order valence-electron chi connectivity index (χ0n) is 11.9. The smallest absolute Gasteiger partial charge is 0.236 e. The summed E-state index contributed by atoms with van der Waals surface area (Å²) in [6, 6.07) is -0.482. The van der Waals surface area contributed by atoms with Gasteiger partial charge in [-0.3, -0.25) is 4.79 Å². The molecule has 0 radical (unpaired) electrons. The van der Waals surface area contributed by atoms with Crippen molar-refractivity contribution in [3.05, 3.63) is 0 Å². The van der Waals surface area contributed by atoms with E-state index in [1.165, 1.54) is 4.31 Å². The van der Waals surface area contributed by atoms with Gasteiger partial charge in [0.05, 0.1) is 11.8 Å². The summed E-state index contributed by atoms with van der Waals surface area (Å²) in [5, 5.41) is 2.72. The van der Waals surface area contributed by atoms with Crippen LogP contribution in [-0.2, 0) is 14.8 Å². The first-order valence-electron chi connectivity index (χ1n) is 6.31. The molecule has 0 saturated carbocycles. The summed E-state index contributed by atoms with van der Waals surface area (Å²) in [5.41, 5.74) is 5.70. The first-order valence-corrected chi connectivity index (χ1v) is 9.31. The molecule has 0 rings (SSSR count). The lowest BCUT2D eigenvalue weighted by Gasteiger charge is -2.16. The van der Waals surface area contributed by atoms with E-state index in [0.717, 1.165) is 5.75 Å². The number of hydrogen-bond acceptors (Lipinski definition) is 5. The van der Waals surface area contributed by atoms with Crippen LogP contribution in [-0.4, -0.2) is 62.6 Å². The predicted octanol–water partition coefficient (Wildman–Crippen LogP) is -0.145. The van der Waals surface area contributed by atoms with E-state index in [-0.39, 0.29) is 11.7 Å². The molecule has 0 saturated heterocycles. The largest absolute Gasteiger partial charge is 0.355 e. The van der Waals surface area contributed by atoms with Crippen LogP contribution in [0.1, 0.15) is 19.8 Å². The Kier molecular flexibility index (Phi) is 9.42. The fourth-order valence-electron chi connectivity index (χ4n) is 1.38. The zero-order valence-corrected chi connectivity index (χ0v) is 13.5. The number of hydrogen-bond donors (Lipinski definition) is 2. The Morgan fingerprint density at radius 2 is 2.11 bits per heavy atom. The van der Waals surface area contributed by atoms with E-state index in [0.29, 0.717) is 25.9 Å². The van der Waals surface area contributed by atoms with Crippen LogP contribution in [0.3, 0.4) is 0 Å². The van der Waals surface area contributed by atoms with Gasteiger partial charge in [-0.25, -0.2) is 12.7 Å². The van der Waals surface area contributed by atoms with Crippen LogP contribution in [0.5, 0.6) is 0 Å². The number of nitrogens with two attached hydrogens (primary N) is 1. The standard InChI is InChI=1S/C11H25N3O3S2/c1-4-19(16,17)14(2)8-5-7-13-11(15)10(12)6-9-18-3/h10H,4-9,12H2,1-3H3,(H,13,15)/t10-/m0/s1. The molecule has 0 aromatic carbocycles. The lowest BCUT2D eigenvalue weighted by Crippen LogP contribution is -2.42. The van der Waals surface area contributed by atoms with Crippen molar-refractivity contribution in [3.63, 3.8) is 0 Å². The Morgan fingerprint density at radius 3 is 2.63 bits per heavy atom. The first kappa shape index (κ1) is 18.7. The highest BCUT2D eigenvalue weighted by Gasteiger charge is 2.15. The third-order valence-electron chi connectivity index (χ3n) is 2.76. The topological polar surface area (TPSA) is 92.5 Å². The lowest BCUT2D eigenvalue weighted by molar-refractivity contribution is -0.122. The van der Waals surface area contributed by atoms with Gasteiger partial charge in [-0.05, 0) is 31.8 Å². The van der Waals surface area contributed by atoms with Crippen LogP contribution in [0, 0.1) is 0 Å². The molecule has 0 unspecified atom stereocenters. The maximum atomic E-state index is 11.6. The third kappa shape index (κ3) is 7.76. The summed E-state index contributed by atoms with van der Waals surface area (Å²) >= 11 is 1.65. The normalized spacial score (nSPS) is 13.5. The number of nitrogens with one attached hydrogen (secondary N) is 1. The maximum absolute atomic E-state index is 11.6. The summed E-state index contributed by atoms with van der Waals surface area (Å²) in [7, 11) is -1.59. The molecular formula is C11H25N3O3S2. The number of sulfonamides is 1. The molecule has 0 aliphatic rings. The summed E-state index contributed by atoms with van der Waals surface area (Å²) in [4.78, 5) is 11.6. The maximum Gasteiger partial charge on any atom is 0.236 e. The average Bonchev–Trinajstić information content (AvgIpc) is 2.39. The van der Waals surface area contributed by atoms with Crippen molar-refractivity contribution >= 4 is 27.7 Å². The average molecular weight is 311 g/mol. The van der Waals surface area contributed by atoms with Crippen molar-refractivity contribution in [1.82, 2.24) is 9.62 Å². The van der Waals surface area contributed by atoms with E-state index < -0.39 is 16.1 Å². The number of thioether (sulfide) groups is 1. The monoisotopic (exact) mass is 311 g/mol. The van der Waals surface area contributed by atoms with Crippen LogP contribution in [0.4, 0.5) is 0 Å². The summed E-state index contributed by atoms with van der Waals surface area (Å²) in [6.07, 6.45) is 3.20. The molecule has 0 heterocycles. The number of carbonyl (C=O) groups excluding carboxylic acids is 1. The Labute approximate surface area is 120 Å². The second-order valence-electron chi connectivity index (χ2n) is 4.25. The fourth-order valence-corrected chi connectivity index (χ4v) is 2.72. The molecule has 114 valence electrons. The molecule has 8 heteroatoms. The quantitative estimate of drug-likeness (QED) is 0.548. The van der Waals surface area contributed by atoms with E-state index in [2.05, 4.69) is 5.32 Å². The molecule has 3 N–H and O–H groups in total. The van der Waals surface area contributed by atoms with E-state index in [1.807, 2.05) is 6.26 Å². The predicted molar refractivity (Wildman–Crippen MR) is 80.7 cm³/mol. The summed E-state index contributed by atoms with van der Waals surface area (Å²) < 4.78 is 24.3. The second kappa shape index (κ2) is 9.57. The zero-order chi connectivity index (χ0) is 14.9. The highest BCUT2D eigenvalue weighted by atomic mass is 32.2. The molecule has 6 nitrogen and oxygen atoms in total. The van der Waals surface area contributed by atoms with Gasteiger partial charge in [-0.15, -0.1) is 0 Å². The molecule has 0 aliphatic carbocycles. The highest BCUT2D eigenvalue weighted by molar-refractivity contribution is 7.98. The van der Waals surface area contributed by atoms with Crippen molar-refractivity contribution in [2.24, 2.45) is 5.73 Å². The number of carbonyl (C=O) groups is 1. The van der Waals surface area contributed by atoms with Gasteiger partial charge < -0.3 is 11.1 Å². The van der Waals surface area contributed by atoms with Crippen LogP contribution >= 0.6 is 11.8 Å². The molecule has 0 aromatic heterocycles. The van der Waals surface area contributed by atoms with Gasteiger partial charge in [0.2, 0.25) is 15.9 Å². The Hall–Kier alpha value is -0.310. The van der Waals surface area contributed by atoms with E-state index in [9.17, 15) is 13.2 Å². The van der Waals surface area contributed by atoms with E-state index in [4.69, 9.17) is 5.73 Å². The molecule has 19 heavy (non-hydrogen) atoms. The van der Waals surface area contributed by atoms with Crippen molar-refractivity contribution in [2.45, 2.75) is 25.8 Å². The minimum absolute atomic E-state index is 0.0927. The van der Waals surface area contributed by atoms with Crippen molar-refractivity contribution < 1.29 is 13.2 Å². The van der Waals surface area contributed by atoms with Gasteiger partial charge in [0.15, 0.2) is 0 Å². The van der Waals surface area contributed by atoms with Gasteiger partial charge >= 0.3 is 0 Å². The van der Waals surface area contributed by atoms with Crippen LogP contribution in [0.2, 0.25) is 0 Å². The lowest BCUT2D eigenvalue weighted by atomic mass is 10.2. The van der Waals surface area contributed by atoms with Gasteiger partial charge in [-0.1, -0.05) is 0 Å². The van der Waals surface area contributed by atoms with Gasteiger partial charge in [-0.2, -0.15) is 11.8 Å². The Bertz CT molecular complexity index is 360. The van der Waals surface area contributed by atoms with Crippen LogP contribution < -0.4 is 11.1 Å².